The summed E-state index contributed by atoms with van der Waals surface area (Å²) < 4.78 is 69.8. The molecule has 2 aliphatic heterocycles. The summed E-state index contributed by atoms with van der Waals surface area (Å²) in [6, 6.07) is 12.2. The summed E-state index contributed by atoms with van der Waals surface area (Å²) in [5.41, 5.74) is 5.46. The summed E-state index contributed by atoms with van der Waals surface area (Å²) in [5.74, 6) is -4.26. The van der Waals surface area contributed by atoms with E-state index in [2.05, 4.69) is 59.1 Å². The van der Waals surface area contributed by atoms with Crippen molar-refractivity contribution in [3.05, 3.63) is 115 Å². The first-order valence-electron chi connectivity index (χ1n) is 33.0. The number of aromatic amines is 4. The van der Waals surface area contributed by atoms with Crippen LogP contribution in [0.25, 0.3) is 43.6 Å². The topological polar surface area (TPSA) is 265 Å². The number of carbonyl (C=O) groups is 1. The number of aliphatic hydroxyl groups excluding tert-OH is 3. The van der Waals surface area contributed by atoms with E-state index in [1.807, 2.05) is 29.3 Å². The van der Waals surface area contributed by atoms with E-state index < -0.39 is 57.8 Å². The lowest BCUT2D eigenvalue weighted by molar-refractivity contribution is -0.176. The number of piperidine rings is 2. The van der Waals surface area contributed by atoms with Crippen molar-refractivity contribution in [2.45, 2.75) is 158 Å². The molecule has 6 bridgehead atoms. The standard InChI is InChI=1S/C18H23ClN4O2.C17H20ClF2N3O3S.C17H21ClN2O.C16H18ClFN2O/c1-20-17(25)23-6-2-12(3-7-23)18(4-5-18)16(24)14-9-13(19)8-11-10-21-22-15(11)14;1-27(25,26)23-7-9-2-3-10(8-23)14(9)17(19,20)16(24)13-5-12(18)4-11-6-21-22-15(11)13;1-11(16-2-5-17(21,6-3-16)7-4-16)14-9-13(18)8-12-10-19-20-15(12)14;17-12-7-10(14-11(13(12)18)8-19-20-14)15(21)16-4-1-9(2-5-16)3-6-16/h8-10,12,16,24H,2-7H2,1H3,(H,20,25)(H,21,22);4-6,9-10,14,16,24H,2-3,7-8H2,1H3,(H,21,22);8-11,21H,2-7H2,1H3,(H,19,20);7-9,15,21H,1-6H2,(H,19,20)/t;9-,10+,14?,16?;;. The lowest BCUT2D eigenvalue weighted by Gasteiger charge is -2.54. The summed E-state index contributed by atoms with van der Waals surface area (Å²) >= 11 is 24.6. The largest absolute Gasteiger partial charge is 0.390 e. The molecular weight excluding hydrogens is 1310 g/mol. The van der Waals surface area contributed by atoms with Gasteiger partial charge in [0.15, 0.2) is 5.82 Å². The molecule has 8 saturated carbocycles. The summed E-state index contributed by atoms with van der Waals surface area (Å²) in [6.07, 6.45) is 22.2. The number of nitrogens with zero attached hydrogens (tertiary/aromatic N) is 6. The van der Waals surface area contributed by atoms with E-state index in [-0.39, 0.29) is 51.2 Å². The van der Waals surface area contributed by atoms with Gasteiger partial charge in [-0.25, -0.2) is 30.7 Å². The smallest absolute Gasteiger partial charge is 0.317 e. The van der Waals surface area contributed by atoms with E-state index in [9.17, 15) is 38.0 Å². The number of nitrogens with one attached hydrogen (secondary N) is 5. The number of alkyl halides is 2. The van der Waals surface area contributed by atoms with Crippen LogP contribution in [0.3, 0.4) is 0 Å². The van der Waals surface area contributed by atoms with Crippen molar-refractivity contribution >= 4 is 106 Å². The third kappa shape index (κ3) is 12.5. The fraction of sp³-hybridized carbons (Fsp3) is 0.574. The number of carbonyl (C=O) groups excluding carboxylic acids is 1. The predicted octanol–water partition coefficient (Wildman–Crippen LogP) is 14.6. The monoisotopic (exact) mass is 1390 g/mol. The first-order valence-corrected chi connectivity index (χ1v) is 36.4. The Balaban J connectivity index is 0.000000114. The van der Waals surface area contributed by atoms with Gasteiger partial charge in [-0.3, -0.25) is 20.4 Å². The van der Waals surface area contributed by atoms with Crippen LogP contribution < -0.4 is 5.32 Å². The van der Waals surface area contributed by atoms with Gasteiger partial charge in [-0.1, -0.05) is 53.3 Å². The Morgan fingerprint density at radius 3 is 1.61 bits per heavy atom. The minimum Gasteiger partial charge on any atom is -0.390 e. The van der Waals surface area contributed by atoms with Crippen molar-refractivity contribution in [3.8, 4) is 0 Å². The molecular formula is C68H82Cl4F3N11O7S. The SMILES string of the molecule is CC(c1cc(Cl)cc2cn[nH]c12)C12CCC(O)(CC1)CC2.CNC(=O)N1CCC(C2(C(O)c3cc(Cl)cc4cn[nH]c34)CC2)CC1.CS(=O)(=O)N1C[C@H]2CC[C@@H](C1)C2C(F)(F)C(O)c1cc(Cl)cc2cn[nH]c12.OC(c1cc(Cl)c(F)c2cn[nH]c12)C12CCC(CC1)CC2. The van der Waals surface area contributed by atoms with Gasteiger partial charge in [0.2, 0.25) is 10.0 Å². The molecule has 4 aromatic heterocycles. The molecule has 18 rings (SSSR count). The van der Waals surface area contributed by atoms with Crippen molar-refractivity contribution in [2.24, 2.45) is 45.8 Å². The molecule has 0 radical (unpaired) electrons. The van der Waals surface area contributed by atoms with Crippen molar-refractivity contribution in [1.82, 2.24) is 55.3 Å². The van der Waals surface area contributed by atoms with Gasteiger partial charge in [0.1, 0.15) is 6.10 Å². The molecule has 10 fully saturated rings. The van der Waals surface area contributed by atoms with E-state index in [4.69, 9.17) is 46.4 Å². The van der Waals surface area contributed by atoms with Crippen LogP contribution in [0.4, 0.5) is 18.0 Å². The van der Waals surface area contributed by atoms with Crippen LogP contribution in [-0.2, 0) is 10.0 Å². The quantitative estimate of drug-likeness (QED) is 0.0588. The zero-order valence-electron chi connectivity index (χ0n) is 52.9. The van der Waals surface area contributed by atoms with Gasteiger partial charge >= 0.3 is 6.03 Å². The average molecular weight is 1400 g/mol. The highest BCUT2D eigenvalue weighted by atomic mass is 35.5. The zero-order chi connectivity index (χ0) is 66.4. The highest BCUT2D eigenvalue weighted by molar-refractivity contribution is 7.88. The van der Waals surface area contributed by atoms with E-state index in [0.29, 0.717) is 62.5 Å². The second-order valence-corrected chi connectivity index (χ2v) is 32.4. The summed E-state index contributed by atoms with van der Waals surface area (Å²) in [4.78, 5) is 13.6. The molecule has 4 aromatic carbocycles. The second kappa shape index (κ2) is 25.9. The highest BCUT2D eigenvalue weighted by Crippen LogP contribution is 2.64. The molecule has 6 heterocycles. The molecule has 8 aliphatic carbocycles. The number of likely N-dealkylation sites (tertiary alicyclic amines) is 1. The van der Waals surface area contributed by atoms with Crippen LogP contribution in [0.1, 0.15) is 169 Å². The van der Waals surface area contributed by atoms with Crippen LogP contribution >= 0.6 is 46.4 Å². The fourth-order valence-electron chi connectivity index (χ4n) is 18.0. The first kappa shape index (κ1) is 67.3. The maximum Gasteiger partial charge on any atom is 0.317 e. The number of amides is 2. The number of urea groups is 1. The van der Waals surface area contributed by atoms with Crippen molar-refractivity contribution in [2.75, 3.05) is 39.5 Å². The fourth-order valence-corrected chi connectivity index (χ4v) is 19.9. The lowest BCUT2D eigenvalue weighted by atomic mass is 9.53. The van der Waals surface area contributed by atoms with Crippen LogP contribution in [0.2, 0.25) is 20.1 Å². The van der Waals surface area contributed by atoms with Crippen molar-refractivity contribution in [3.63, 3.8) is 0 Å². The lowest BCUT2D eigenvalue weighted by Crippen LogP contribution is -2.51. The van der Waals surface area contributed by atoms with E-state index in [1.165, 1.54) is 47.6 Å². The molecule has 7 atom stereocenters. The molecule has 8 aromatic rings. The zero-order valence-corrected chi connectivity index (χ0v) is 56.7. The van der Waals surface area contributed by atoms with Crippen LogP contribution in [0.5, 0.6) is 0 Å². The molecule has 94 heavy (non-hydrogen) atoms. The van der Waals surface area contributed by atoms with Gasteiger partial charge in [0.25, 0.3) is 5.92 Å². The molecule has 2 saturated heterocycles. The normalized spacial score (nSPS) is 27.9. The summed E-state index contributed by atoms with van der Waals surface area (Å²) in [7, 11) is -1.76. The number of aromatic nitrogens is 8. The van der Waals surface area contributed by atoms with E-state index in [1.54, 1.807) is 25.4 Å². The predicted molar refractivity (Wildman–Crippen MR) is 358 cm³/mol. The third-order valence-corrected chi connectivity index (χ3v) is 26.0. The number of sulfonamides is 1. The van der Waals surface area contributed by atoms with Crippen molar-refractivity contribution in [1.29, 1.82) is 0 Å². The maximum absolute atomic E-state index is 15.4. The van der Waals surface area contributed by atoms with Gasteiger partial charge in [-0.05, 0) is 199 Å². The number of hydrogen-bond acceptors (Lipinski definition) is 11. The van der Waals surface area contributed by atoms with Gasteiger partial charge in [-0.15, -0.1) is 0 Å². The minimum atomic E-state index is -3.42. The summed E-state index contributed by atoms with van der Waals surface area (Å²) in [5, 5.41) is 78.3. The molecule has 0 spiro atoms. The second-order valence-electron chi connectivity index (χ2n) is 28.7. The van der Waals surface area contributed by atoms with E-state index in [0.717, 1.165) is 141 Å². The number of rotatable bonds is 11. The van der Waals surface area contributed by atoms with E-state index >= 15 is 8.78 Å². The minimum absolute atomic E-state index is 0.00458. The molecule has 9 N–H and O–H groups in total. The molecule has 506 valence electrons. The van der Waals surface area contributed by atoms with Gasteiger partial charge in [-0.2, -0.15) is 20.4 Å². The van der Waals surface area contributed by atoms with Gasteiger partial charge in [0.05, 0.1) is 81.3 Å². The van der Waals surface area contributed by atoms with Crippen LogP contribution in [-0.4, -0.2) is 136 Å². The van der Waals surface area contributed by atoms with Gasteiger partial charge < -0.3 is 30.6 Å². The molecule has 2 amide bonds. The Labute approximate surface area is 563 Å². The molecule has 18 nitrogen and oxygen atoms in total. The Morgan fingerprint density at radius 1 is 0.628 bits per heavy atom. The number of benzene rings is 4. The first-order chi connectivity index (χ1) is 44.8. The Morgan fingerprint density at radius 2 is 1.10 bits per heavy atom. The Hall–Kier alpha value is -5.27. The van der Waals surface area contributed by atoms with Crippen molar-refractivity contribution < 1.29 is 46.8 Å². The van der Waals surface area contributed by atoms with Crippen LogP contribution in [0.15, 0.2) is 67.3 Å². The Bertz CT molecular complexity index is 4170. The number of aliphatic hydroxyl groups is 4. The Kier molecular flexibility index (Phi) is 18.5. The third-order valence-electron chi connectivity index (χ3n) is 23.8. The van der Waals surface area contributed by atoms with Crippen LogP contribution in [0, 0.1) is 51.7 Å². The number of hydrogen-bond donors (Lipinski definition) is 9. The van der Waals surface area contributed by atoms with Gasteiger partial charge in [0, 0.05) is 97.9 Å². The molecule has 5 unspecified atom stereocenters. The average Bonchev–Trinajstić information content (AvgIpc) is 1.33. The number of halogens is 7. The molecule has 10 aliphatic rings. The molecule has 26 heteroatoms. The highest BCUT2D eigenvalue weighted by Gasteiger charge is 2.60. The number of H-pyrrole nitrogens is 4. The summed E-state index contributed by atoms with van der Waals surface area (Å²) in [6.45, 7) is 3.94. The number of fused-ring (bicyclic) bond motifs is 12. The maximum atomic E-state index is 15.4.